The van der Waals surface area contributed by atoms with Crippen LogP contribution in [-0.4, -0.2) is 60.8 Å². The topological polar surface area (TPSA) is 124 Å². The van der Waals surface area contributed by atoms with Crippen molar-refractivity contribution in [2.24, 2.45) is 0 Å². The molecule has 1 aliphatic heterocycles. The quantitative estimate of drug-likeness (QED) is 0.131. The van der Waals surface area contributed by atoms with Crippen LogP contribution in [0.5, 0.6) is 5.75 Å². The van der Waals surface area contributed by atoms with Gasteiger partial charge in [0, 0.05) is 39.6 Å². The lowest BCUT2D eigenvalue weighted by Gasteiger charge is -2.30. The molecule has 3 aromatic carbocycles. The van der Waals surface area contributed by atoms with Gasteiger partial charge in [-0.15, -0.1) is 0 Å². The van der Waals surface area contributed by atoms with Crippen LogP contribution >= 0.6 is 23.2 Å². The van der Waals surface area contributed by atoms with Gasteiger partial charge < -0.3 is 24.8 Å². The average molecular weight is 681 g/mol. The van der Waals surface area contributed by atoms with Gasteiger partial charge in [-0.3, -0.25) is 14.4 Å². The van der Waals surface area contributed by atoms with E-state index in [9.17, 15) is 14.4 Å². The fourth-order valence-corrected chi connectivity index (χ4v) is 5.61. The third-order valence-corrected chi connectivity index (χ3v) is 8.31. The molecule has 5 rings (SSSR count). The molecule has 0 saturated carbocycles. The van der Waals surface area contributed by atoms with Crippen molar-refractivity contribution in [3.05, 3.63) is 93.7 Å². The Kier molecular flexibility index (Phi) is 11.2. The number of ether oxygens (including phenoxy) is 3. The molecule has 11 nitrogen and oxygen atoms in total. The number of hydrogen-bond donors (Lipinski definition) is 2. The first-order valence-electron chi connectivity index (χ1n) is 15.2. The van der Waals surface area contributed by atoms with Crippen LogP contribution in [0.3, 0.4) is 0 Å². The van der Waals surface area contributed by atoms with Gasteiger partial charge in [0.1, 0.15) is 25.5 Å². The number of carbonyl (C=O) groups excluding carboxylic acids is 3. The number of carbonyl (C=O) groups is 3. The standard InChI is InChI=1S/C34H35Cl2N5O6/c1-3-45-32(42)19-37-33(43)39-25-12-13-29(36)23(17-25)20-40-21-24(18-38-40)26-7-4-10-30-27(26)8-6-14-41(30)34(44)47-16-15-46-31-11-5-9-28(35)22(31)2/h4-5,7,9-13,17-18,21H,3,6,8,14-16,19-20H2,1-2H3,(H2,37,39,43). The van der Waals surface area contributed by atoms with Crippen LogP contribution in [0.25, 0.3) is 11.1 Å². The maximum absolute atomic E-state index is 13.1. The maximum atomic E-state index is 13.1. The van der Waals surface area contributed by atoms with Gasteiger partial charge in [0.15, 0.2) is 0 Å². The first kappa shape index (κ1) is 33.6. The minimum Gasteiger partial charge on any atom is -0.490 e. The van der Waals surface area contributed by atoms with Crippen molar-refractivity contribution < 1.29 is 28.6 Å². The smallest absolute Gasteiger partial charge is 0.414 e. The van der Waals surface area contributed by atoms with E-state index in [1.54, 1.807) is 47.0 Å². The molecule has 47 heavy (non-hydrogen) atoms. The van der Waals surface area contributed by atoms with Gasteiger partial charge >= 0.3 is 18.1 Å². The second-order valence-electron chi connectivity index (χ2n) is 10.7. The number of nitrogens with one attached hydrogen (secondary N) is 2. The molecular weight excluding hydrogens is 645 g/mol. The Labute approximate surface area is 282 Å². The minimum absolute atomic E-state index is 0.0978. The highest BCUT2D eigenvalue weighted by molar-refractivity contribution is 6.31. The second-order valence-corrected chi connectivity index (χ2v) is 11.5. The summed E-state index contributed by atoms with van der Waals surface area (Å²) in [5.74, 6) is 0.135. The molecule has 246 valence electrons. The Balaban J connectivity index is 1.22. The second kappa shape index (κ2) is 15.7. The van der Waals surface area contributed by atoms with Gasteiger partial charge in [0.05, 0.1) is 25.0 Å². The highest BCUT2D eigenvalue weighted by atomic mass is 35.5. The summed E-state index contributed by atoms with van der Waals surface area (Å²) in [6, 6.07) is 15.9. The van der Waals surface area contributed by atoms with E-state index in [0.29, 0.717) is 34.6 Å². The van der Waals surface area contributed by atoms with Crippen molar-refractivity contribution in [2.45, 2.75) is 33.2 Å². The Morgan fingerprint density at radius 2 is 1.83 bits per heavy atom. The van der Waals surface area contributed by atoms with E-state index in [-0.39, 0.29) is 26.4 Å². The van der Waals surface area contributed by atoms with Crippen LogP contribution in [0.15, 0.2) is 67.0 Å². The molecule has 1 aliphatic rings. The zero-order valence-corrected chi connectivity index (χ0v) is 27.6. The number of halogens is 2. The summed E-state index contributed by atoms with van der Waals surface area (Å²) >= 11 is 12.6. The number of nitrogens with zero attached hydrogens (tertiary/aromatic N) is 3. The number of hydrogen-bond acceptors (Lipinski definition) is 7. The predicted molar refractivity (Wildman–Crippen MR) is 181 cm³/mol. The molecule has 0 atom stereocenters. The number of anilines is 2. The zero-order valence-electron chi connectivity index (χ0n) is 26.1. The van der Waals surface area contributed by atoms with Crippen LogP contribution in [0.1, 0.15) is 30.0 Å². The summed E-state index contributed by atoms with van der Waals surface area (Å²) in [4.78, 5) is 38.5. The van der Waals surface area contributed by atoms with Crippen molar-refractivity contribution >= 4 is 52.7 Å². The van der Waals surface area contributed by atoms with Crippen molar-refractivity contribution in [1.29, 1.82) is 0 Å². The number of benzene rings is 3. The maximum Gasteiger partial charge on any atom is 0.414 e. The Morgan fingerprint density at radius 3 is 2.66 bits per heavy atom. The molecule has 0 aliphatic carbocycles. The predicted octanol–water partition coefficient (Wildman–Crippen LogP) is 6.87. The molecule has 13 heteroatoms. The summed E-state index contributed by atoms with van der Waals surface area (Å²) in [5.41, 5.74) is 5.80. The molecule has 0 fully saturated rings. The summed E-state index contributed by atoms with van der Waals surface area (Å²) in [5, 5.41) is 10.8. The molecule has 0 radical (unpaired) electrons. The fourth-order valence-electron chi connectivity index (χ4n) is 5.26. The third kappa shape index (κ3) is 8.55. The van der Waals surface area contributed by atoms with E-state index in [0.717, 1.165) is 46.3 Å². The lowest BCUT2D eigenvalue weighted by Crippen LogP contribution is -2.36. The van der Waals surface area contributed by atoms with E-state index in [4.69, 9.17) is 37.4 Å². The van der Waals surface area contributed by atoms with Crippen molar-refractivity contribution in [1.82, 2.24) is 15.1 Å². The minimum atomic E-state index is -0.541. The normalized spacial score (nSPS) is 12.2. The van der Waals surface area contributed by atoms with Gasteiger partial charge in [-0.05, 0) is 79.8 Å². The summed E-state index contributed by atoms with van der Waals surface area (Å²) in [6.07, 6.45) is 4.86. The van der Waals surface area contributed by atoms with E-state index in [2.05, 4.69) is 15.7 Å². The molecule has 3 amide bonds. The first-order valence-corrected chi connectivity index (χ1v) is 15.9. The Hall–Kier alpha value is -4.74. The SMILES string of the molecule is CCOC(=O)CNC(=O)Nc1ccc(Cl)c(Cn2cc(-c3cccc4c3CCCN4C(=O)OCCOc3cccc(Cl)c3C)cn2)c1. The molecule has 0 bridgehead atoms. The van der Waals surface area contributed by atoms with Crippen LogP contribution in [-0.2, 0) is 27.2 Å². The third-order valence-electron chi connectivity index (χ3n) is 7.53. The molecule has 2 N–H and O–H groups in total. The van der Waals surface area contributed by atoms with Gasteiger partial charge in [0.25, 0.3) is 0 Å². The van der Waals surface area contributed by atoms with Gasteiger partial charge in [-0.2, -0.15) is 5.10 Å². The van der Waals surface area contributed by atoms with Crippen molar-refractivity contribution in [3.63, 3.8) is 0 Å². The molecule has 0 spiro atoms. The number of urea groups is 1. The number of esters is 1. The lowest BCUT2D eigenvalue weighted by atomic mass is 9.93. The fraction of sp³-hybridized carbons (Fsp3) is 0.294. The average Bonchev–Trinajstić information content (AvgIpc) is 3.53. The lowest BCUT2D eigenvalue weighted by molar-refractivity contribution is -0.141. The van der Waals surface area contributed by atoms with Crippen molar-refractivity contribution in [3.8, 4) is 16.9 Å². The molecule has 0 unspecified atom stereocenters. The van der Waals surface area contributed by atoms with Crippen LogP contribution in [0.2, 0.25) is 10.0 Å². The van der Waals surface area contributed by atoms with Crippen LogP contribution in [0, 0.1) is 6.92 Å². The molecule has 2 heterocycles. The van der Waals surface area contributed by atoms with Crippen LogP contribution < -0.4 is 20.3 Å². The monoisotopic (exact) mass is 679 g/mol. The summed E-state index contributed by atoms with van der Waals surface area (Å²) in [6.45, 7) is 4.77. The first-order chi connectivity index (χ1) is 22.7. The van der Waals surface area contributed by atoms with E-state index >= 15 is 0 Å². The molecule has 1 aromatic heterocycles. The summed E-state index contributed by atoms with van der Waals surface area (Å²) < 4.78 is 17.9. The summed E-state index contributed by atoms with van der Waals surface area (Å²) in [7, 11) is 0. The molecule has 0 saturated heterocycles. The van der Waals surface area contributed by atoms with Gasteiger partial charge in [-0.25, -0.2) is 9.59 Å². The van der Waals surface area contributed by atoms with Gasteiger partial charge in [0.2, 0.25) is 0 Å². The number of aromatic nitrogens is 2. The van der Waals surface area contributed by atoms with E-state index in [1.165, 1.54) is 0 Å². The highest BCUT2D eigenvalue weighted by Gasteiger charge is 2.26. The number of rotatable bonds is 11. The molecule has 4 aromatic rings. The molecular formula is C34H35Cl2N5O6. The Bertz CT molecular complexity index is 1760. The highest BCUT2D eigenvalue weighted by Crippen LogP contribution is 2.36. The number of amides is 3. The van der Waals surface area contributed by atoms with E-state index in [1.807, 2.05) is 43.5 Å². The largest absolute Gasteiger partial charge is 0.490 e. The Morgan fingerprint density at radius 1 is 1.00 bits per heavy atom. The van der Waals surface area contributed by atoms with Crippen LogP contribution in [0.4, 0.5) is 21.0 Å². The number of fused-ring (bicyclic) bond motifs is 1. The van der Waals surface area contributed by atoms with Gasteiger partial charge in [-0.1, -0.05) is 41.4 Å². The zero-order chi connectivity index (χ0) is 33.3. The van der Waals surface area contributed by atoms with Crippen molar-refractivity contribution in [2.75, 3.05) is 43.1 Å². The van der Waals surface area contributed by atoms with E-state index < -0.39 is 18.1 Å².